The Morgan fingerprint density at radius 3 is 2.36 bits per heavy atom. The minimum atomic E-state index is -0.502. The van der Waals surface area contributed by atoms with Crippen LogP contribution in [-0.4, -0.2) is 56.5 Å². The first-order valence-corrected chi connectivity index (χ1v) is 10.7. The zero-order valence-corrected chi connectivity index (χ0v) is 17.8. The Labute approximate surface area is 189 Å². The van der Waals surface area contributed by atoms with Gasteiger partial charge in [-0.15, -0.1) is 0 Å². The van der Waals surface area contributed by atoms with Crippen LogP contribution in [0.15, 0.2) is 76.6 Å². The molecule has 1 saturated heterocycles. The number of H-pyrrole nitrogens is 1. The summed E-state index contributed by atoms with van der Waals surface area (Å²) in [7, 11) is 0. The number of piperazine rings is 1. The topological polar surface area (TPSA) is 104 Å². The van der Waals surface area contributed by atoms with Crippen molar-refractivity contribution in [2.24, 2.45) is 0 Å². The standard InChI is InChI=1S/C24H22N6O3/c31-21-19-8-3-4-9-20(19)30(24(33)27-21)16-17-6-1-2-7-18(17)22(32)28-12-14-29(15-13-28)23-25-10-5-11-26-23/h1-11H,12-16H2,(H,27,31,33). The van der Waals surface area contributed by atoms with E-state index in [2.05, 4.69) is 19.9 Å². The van der Waals surface area contributed by atoms with E-state index < -0.39 is 11.2 Å². The van der Waals surface area contributed by atoms with Crippen molar-refractivity contribution in [3.63, 3.8) is 0 Å². The van der Waals surface area contributed by atoms with E-state index in [1.54, 1.807) is 48.8 Å². The largest absolute Gasteiger partial charge is 0.337 e. The lowest BCUT2D eigenvalue weighted by molar-refractivity contribution is 0.0745. The fourth-order valence-corrected chi connectivity index (χ4v) is 4.17. The van der Waals surface area contributed by atoms with Crippen LogP contribution in [0.3, 0.4) is 0 Å². The molecule has 166 valence electrons. The van der Waals surface area contributed by atoms with Crippen LogP contribution in [0.25, 0.3) is 10.9 Å². The average Bonchev–Trinajstić information content (AvgIpc) is 2.87. The molecule has 4 aromatic rings. The maximum Gasteiger partial charge on any atom is 0.329 e. The van der Waals surface area contributed by atoms with Gasteiger partial charge < -0.3 is 9.80 Å². The molecule has 9 heteroatoms. The summed E-state index contributed by atoms with van der Waals surface area (Å²) in [6.07, 6.45) is 3.41. The van der Waals surface area contributed by atoms with Gasteiger partial charge in [0.15, 0.2) is 0 Å². The molecule has 1 N–H and O–H groups in total. The number of aromatic amines is 1. The van der Waals surface area contributed by atoms with Gasteiger partial charge in [0.25, 0.3) is 11.5 Å². The maximum absolute atomic E-state index is 13.4. The summed E-state index contributed by atoms with van der Waals surface area (Å²) in [6, 6.07) is 16.0. The fourth-order valence-electron chi connectivity index (χ4n) is 4.17. The van der Waals surface area contributed by atoms with Crippen LogP contribution in [-0.2, 0) is 6.54 Å². The molecular weight excluding hydrogens is 420 g/mol. The molecule has 1 amide bonds. The number of benzene rings is 2. The first-order valence-electron chi connectivity index (χ1n) is 10.7. The van der Waals surface area contributed by atoms with Crippen molar-refractivity contribution in [2.75, 3.05) is 31.1 Å². The Hall–Kier alpha value is -4.27. The Kier molecular flexibility index (Phi) is 5.43. The van der Waals surface area contributed by atoms with Crippen LogP contribution in [0.5, 0.6) is 0 Å². The molecule has 33 heavy (non-hydrogen) atoms. The van der Waals surface area contributed by atoms with Gasteiger partial charge in [-0.1, -0.05) is 30.3 Å². The summed E-state index contributed by atoms with van der Waals surface area (Å²) >= 11 is 0. The molecule has 0 aliphatic carbocycles. The average molecular weight is 442 g/mol. The highest BCUT2D eigenvalue weighted by Gasteiger charge is 2.25. The number of amides is 1. The first-order chi connectivity index (χ1) is 16.1. The number of anilines is 1. The number of nitrogens with one attached hydrogen (secondary N) is 1. The number of carbonyl (C=O) groups excluding carboxylic acids is 1. The number of hydrogen-bond donors (Lipinski definition) is 1. The molecule has 0 saturated carbocycles. The van der Waals surface area contributed by atoms with Gasteiger partial charge in [0.1, 0.15) is 0 Å². The first kappa shape index (κ1) is 20.6. The highest BCUT2D eigenvalue weighted by Crippen LogP contribution is 2.17. The van der Waals surface area contributed by atoms with Crippen LogP contribution in [0.2, 0.25) is 0 Å². The SMILES string of the molecule is O=C(c1ccccc1Cn1c(=O)[nH]c(=O)c2ccccc21)N1CCN(c2ncccn2)CC1. The van der Waals surface area contributed by atoms with Crippen LogP contribution in [0.1, 0.15) is 15.9 Å². The maximum atomic E-state index is 13.4. The third-order valence-electron chi connectivity index (χ3n) is 5.88. The van der Waals surface area contributed by atoms with E-state index in [1.165, 1.54) is 4.57 Å². The Morgan fingerprint density at radius 2 is 1.58 bits per heavy atom. The van der Waals surface area contributed by atoms with Crippen molar-refractivity contribution >= 4 is 22.8 Å². The molecule has 5 rings (SSSR count). The molecule has 0 radical (unpaired) electrons. The normalized spacial score (nSPS) is 13.9. The number of hydrogen-bond acceptors (Lipinski definition) is 6. The summed E-state index contributed by atoms with van der Waals surface area (Å²) in [5.41, 5.74) is 0.874. The molecule has 0 bridgehead atoms. The second kappa shape index (κ2) is 8.70. The highest BCUT2D eigenvalue weighted by atomic mass is 16.2. The second-order valence-corrected chi connectivity index (χ2v) is 7.85. The predicted octanol–water partition coefficient (Wildman–Crippen LogP) is 1.49. The van der Waals surface area contributed by atoms with Crippen molar-refractivity contribution < 1.29 is 4.79 Å². The monoisotopic (exact) mass is 442 g/mol. The number of nitrogens with zero attached hydrogens (tertiary/aromatic N) is 5. The Morgan fingerprint density at radius 1 is 0.879 bits per heavy atom. The second-order valence-electron chi connectivity index (χ2n) is 7.85. The number of carbonyl (C=O) groups is 1. The van der Waals surface area contributed by atoms with Crippen molar-refractivity contribution in [1.82, 2.24) is 24.4 Å². The lowest BCUT2D eigenvalue weighted by Gasteiger charge is -2.35. The van der Waals surface area contributed by atoms with Gasteiger partial charge in [0.2, 0.25) is 5.95 Å². The zero-order chi connectivity index (χ0) is 22.8. The predicted molar refractivity (Wildman–Crippen MR) is 125 cm³/mol. The minimum Gasteiger partial charge on any atom is -0.337 e. The quantitative estimate of drug-likeness (QED) is 0.514. The lowest BCUT2D eigenvalue weighted by Crippen LogP contribution is -2.49. The number of aromatic nitrogens is 4. The number of rotatable bonds is 4. The zero-order valence-electron chi connectivity index (χ0n) is 17.8. The van der Waals surface area contributed by atoms with E-state index in [1.807, 2.05) is 23.1 Å². The van der Waals surface area contributed by atoms with Gasteiger partial charge in [-0.3, -0.25) is 19.1 Å². The van der Waals surface area contributed by atoms with Crippen LogP contribution in [0.4, 0.5) is 5.95 Å². The summed E-state index contributed by atoms with van der Waals surface area (Å²) in [6.45, 7) is 2.56. The molecule has 0 atom stereocenters. The van der Waals surface area contributed by atoms with E-state index in [9.17, 15) is 14.4 Å². The molecule has 0 unspecified atom stereocenters. The van der Waals surface area contributed by atoms with E-state index in [0.717, 1.165) is 5.56 Å². The molecule has 9 nitrogen and oxygen atoms in total. The van der Waals surface area contributed by atoms with Crippen molar-refractivity contribution in [1.29, 1.82) is 0 Å². The summed E-state index contributed by atoms with van der Waals surface area (Å²) < 4.78 is 1.49. The third-order valence-corrected chi connectivity index (χ3v) is 5.88. The van der Waals surface area contributed by atoms with E-state index >= 15 is 0 Å². The Bertz CT molecular complexity index is 1420. The molecule has 2 aromatic heterocycles. The molecule has 1 aliphatic heterocycles. The molecule has 0 spiro atoms. The number of fused-ring (bicyclic) bond motifs is 1. The molecule has 1 fully saturated rings. The van der Waals surface area contributed by atoms with E-state index in [0.29, 0.717) is 48.6 Å². The minimum absolute atomic E-state index is 0.0824. The van der Waals surface area contributed by atoms with Crippen LogP contribution < -0.4 is 16.1 Å². The van der Waals surface area contributed by atoms with Gasteiger partial charge >= 0.3 is 5.69 Å². The summed E-state index contributed by atoms with van der Waals surface area (Å²) in [5, 5.41) is 0.431. The molecule has 2 aromatic carbocycles. The molecule has 1 aliphatic rings. The van der Waals surface area contributed by atoms with Crippen LogP contribution >= 0.6 is 0 Å². The van der Waals surface area contributed by atoms with Crippen molar-refractivity contribution in [3.05, 3.63) is 99.0 Å². The summed E-state index contributed by atoms with van der Waals surface area (Å²) in [4.78, 5) is 53.0. The van der Waals surface area contributed by atoms with Gasteiger partial charge in [-0.25, -0.2) is 14.8 Å². The van der Waals surface area contributed by atoms with Crippen molar-refractivity contribution in [3.8, 4) is 0 Å². The highest BCUT2D eigenvalue weighted by molar-refractivity contribution is 5.96. The van der Waals surface area contributed by atoms with Crippen molar-refractivity contribution in [2.45, 2.75) is 6.54 Å². The fraction of sp³-hybridized carbons (Fsp3) is 0.208. The third kappa shape index (κ3) is 4.00. The van der Waals surface area contributed by atoms with Gasteiger partial charge in [0, 0.05) is 44.1 Å². The lowest BCUT2D eigenvalue weighted by atomic mass is 10.1. The molecule has 3 heterocycles. The van der Waals surface area contributed by atoms with E-state index in [4.69, 9.17) is 0 Å². The van der Waals surface area contributed by atoms with Gasteiger partial charge in [0.05, 0.1) is 17.4 Å². The van der Waals surface area contributed by atoms with E-state index in [-0.39, 0.29) is 12.5 Å². The smallest absolute Gasteiger partial charge is 0.329 e. The molecular formula is C24H22N6O3. The van der Waals surface area contributed by atoms with Gasteiger partial charge in [-0.2, -0.15) is 0 Å². The Balaban J connectivity index is 1.40. The number of para-hydroxylation sites is 1. The van der Waals surface area contributed by atoms with Crippen LogP contribution in [0, 0.1) is 0 Å². The summed E-state index contributed by atoms with van der Waals surface area (Å²) in [5.74, 6) is 0.579. The van der Waals surface area contributed by atoms with Gasteiger partial charge in [-0.05, 0) is 29.8 Å².